The minimum atomic E-state index is 0.195. The molecule has 5 nitrogen and oxygen atoms in total. The molecule has 0 amide bonds. The minimum absolute atomic E-state index is 0.195. The highest BCUT2D eigenvalue weighted by Crippen LogP contribution is 2.16. The maximum atomic E-state index is 8.49. The highest BCUT2D eigenvalue weighted by atomic mass is 16.5. The molecule has 1 aromatic heterocycles. The molecule has 0 bridgehead atoms. The SMILES string of the molecule is N#CCc1nc(N2CCCCCC2)no1. The van der Waals surface area contributed by atoms with E-state index in [9.17, 15) is 0 Å². The van der Waals surface area contributed by atoms with Crippen molar-refractivity contribution < 1.29 is 4.52 Å². The Morgan fingerprint density at radius 3 is 2.67 bits per heavy atom. The second kappa shape index (κ2) is 4.78. The molecule has 2 heterocycles. The molecule has 1 fully saturated rings. The van der Waals surface area contributed by atoms with Gasteiger partial charge in [0.25, 0.3) is 5.95 Å². The lowest BCUT2D eigenvalue weighted by molar-refractivity contribution is 0.386. The highest BCUT2D eigenvalue weighted by molar-refractivity contribution is 5.27. The van der Waals surface area contributed by atoms with Crippen LogP contribution in [0.2, 0.25) is 0 Å². The van der Waals surface area contributed by atoms with Crippen molar-refractivity contribution in [2.75, 3.05) is 18.0 Å². The van der Waals surface area contributed by atoms with E-state index in [0.29, 0.717) is 11.8 Å². The molecule has 0 spiro atoms. The molecule has 2 rings (SSSR count). The maximum Gasteiger partial charge on any atom is 0.266 e. The van der Waals surface area contributed by atoms with E-state index in [1.165, 1.54) is 25.7 Å². The van der Waals surface area contributed by atoms with Crippen LogP contribution in [0, 0.1) is 11.3 Å². The lowest BCUT2D eigenvalue weighted by Crippen LogP contribution is -2.24. The summed E-state index contributed by atoms with van der Waals surface area (Å²) < 4.78 is 4.97. The van der Waals surface area contributed by atoms with E-state index in [-0.39, 0.29) is 6.42 Å². The highest BCUT2D eigenvalue weighted by Gasteiger charge is 2.15. The van der Waals surface area contributed by atoms with Crippen molar-refractivity contribution in [3.05, 3.63) is 5.89 Å². The molecule has 0 saturated carbocycles. The number of nitrogens with zero attached hydrogens (tertiary/aromatic N) is 4. The Morgan fingerprint density at radius 1 is 1.27 bits per heavy atom. The lowest BCUT2D eigenvalue weighted by atomic mass is 10.2. The van der Waals surface area contributed by atoms with Gasteiger partial charge in [-0.25, -0.2) is 0 Å². The van der Waals surface area contributed by atoms with Crippen molar-refractivity contribution in [1.82, 2.24) is 10.1 Å². The molecule has 1 saturated heterocycles. The molecule has 0 unspecified atom stereocenters. The summed E-state index contributed by atoms with van der Waals surface area (Å²) in [4.78, 5) is 6.33. The van der Waals surface area contributed by atoms with Gasteiger partial charge in [-0.15, -0.1) is 0 Å². The Hall–Kier alpha value is -1.57. The van der Waals surface area contributed by atoms with Gasteiger partial charge in [0.05, 0.1) is 6.07 Å². The first-order chi connectivity index (χ1) is 7.40. The molecule has 15 heavy (non-hydrogen) atoms. The molecule has 5 heteroatoms. The van der Waals surface area contributed by atoms with E-state index in [4.69, 9.17) is 9.78 Å². The van der Waals surface area contributed by atoms with Crippen LogP contribution in [0.25, 0.3) is 0 Å². The second-order valence-corrected chi connectivity index (χ2v) is 3.72. The topological polar surface area (TPSA) is 66.0 Å². The third-order valence-electron chi connectivity index (χ3n) is 2.58. The summed E-state index contributed by atoms with van der Waals surface area (Å²) in [6, 6.07) is 2.00. The molecule has 1 aromatic rings. The number of nitriles is 1. The van der Waals surface area contributed by atoms with Gasteiger partial charge in [-0.2, -0.15) is 10.2 Å². The van der Waals surface area contributed by atoms with Crippen LogP contribution in [0.4, 0.5) is 5.95 Å². The van der Waals surface area contributed by atoms with Gasteiger partial charge in [0.2, 0.25) is 5.89 Å². The van der Waals surface area contributed by atoms with Gasteiger partial charge < -0.3 is 9.42 Å². The maximum absolute atomic E-state index is 8.49. The van der Waals surface area contributed by atoms with Crippen LogP contribution in [0.5, 0.6) is 0 Å². The van der Waals surface area contributed by atoms with Gasteiger partial charge in [-0.05, 0) is 18.0 Å². The first-order valence-electron chi connectivity index (χ1n) is 5.34. The summed E-state index contributed by atoms with van der Waals surface area (Å²) in [6.45, 7) is 1.98. The summed E-state index contributed by atoms with van der Waals surface area (Å²) in [7, 11) is 0. The summed E-state index contributed by atoms with van der Waals surface area (Å²) in [5.41, 5.74) is 0. The summed E-state index contributed by atoms with van der Waals surface area (Å²) in [5, 5.41) is 12.4. The van der Waals surface area contributed by atoms with E-state index in [2.05, 4.69) is 15.0 Å². The third kappa shape index (κ3) is 2.46. The molecule has 0 aliphatic carbocycles. The zero-order valence-corrected chi connectivity index (χ0v) is 8.65. The number of aromatic nitrogens is 2. The molecule has 80 valence electrons. The van der Waals surface area contributed by atoms with Crippen molar-refractivity contribution in [2.45, 2.75) is 32.1 Å². The van der Waals surface area contributed by atoms with Crippen LogP contribution in [0.1, 0.15) is 31.6 Å². The van der Waals surface area contributed by atoms with Gasteiger partial charge in [-0.1, -0.05) is 12.8 Å². The zero-order valence-electron chi connectivity index (χ0n) is 8.65. The standard InChI is InChI=1S/C10H14N4O/c11-6-5-9-12-10(13-15-9)14-7-3-1-2-4-8-14/h1-5,7-8H2. The lowest BCUT2D eigenvalue weighted by Gasteiger charge is -2.16. The normalized spacial score (nSPS) is 17.1. The van der Waals surface area contributed by atoms with Crippen LogP contribution in [0.3, 0.4) is 0 Å². The van der Waals surface area contributed by atoms with Crippen molar-refractivity contribution in [1.29, 1.82) is 5.26 Å². The summed E-state index contributed by atoms with van der Waals surface area (Å²) in [5.74, 6) is 1.05. The van der Waals surface area contributed by atoms with E-state index in [0.717, 1.165) is 13.1 Å². The second-order valence-electron chi connectivity index (χ2n) is 3.72. The van der Waals surface area contributed by atoms with Crippen LogP contribution in [0.15, 0.2) is 4.52 Å². The quantitative estimate of drug-likeness (QED) is 0.733. The van der Waals surface area contributed by atoms with Gasteiger partial charge in [0, 0.05) is 13.1 Å². The molecule has 0 N–H and O–H groups in total. The van der Waals surface area contributed by atoms with Gasteiger partial charge >= 0.3 is 0 Å². The van der Waals surface area contributed by atoms with Crippen LogP contribution in [-0.4, -0.2) is 23.2 Å². The monoisotopic (exact) mass is 206 g/mol. The van der Waals surface area contributed by atoms with Crippen LogP contribution >= 0.6 is 0 Å². The summed E-state index contributed by atoms with van der Waals surface area (Å²) in [6.07, 6.45) is 5.11. The Labute approximate surface area is 88.7 Å². The minimum Gasteiger partial charge on any atom is -0.338 e. The van der Waals surface area contributed by atoms with Crippen molar-refractivity contribution in [3.63, 3.8) is 0 Å². The first-order valence-corrected chi connectivity index (χ1v) is 5.34. The smallest absolute Gasteiger partial charge is 0.266 e. The third-order valence-corrected chi connectivity index (χ3v) is 2.58. The van der Waals surface area contributed by atoms with E-state index in [1.54, 1.807) is 0 Å². The Morgan fingerprint density at radius 2 is 2.00 bits per heavy atom. The fourth-order valence-electron chi connectivity index (χ4n) is 1.78. The van der Waals surface area contributed by atoms with Crippen molar-refractivity contribution >= 4 is 5.95 Å². The van der Waals surface area contributed by atoms with E-state index in [1.807, 2.05) is 6.07 Å². The predicted molar refractivity (Wildman–Crippen MR) is 54.3 cm³/mol. The van der Waals surface area contributed by atoms with Crippen LogP contribution in [-0.2, 0) is 6.42 Å². The fraction of sp³-hybridized carbons (Fsp3) is 0.700. The molecular weight excluding hydrogens is 192 g/mol. The van der Waals surface area contributed by atoms with Gasteiger partial charge in [0.1, 0.15) is 6.42 Å². The average Bonchev–Trinajstić information content (AvgIpc) is 2.53. The number of anilines is 1. The number of hydrogen-bond donors (Lipinski definition) is 0. The molecular formula is C10H14N4O. The van der Waals surface area contributed by atoms with E-state index >= 15 is 0 Å². The average molecular weight is 206 g/mol. The van der Waals surface area contributed by atoms with Crippen molar-refractivity contribution in [3.8, 4) is 6.07 Å². The first kappa shape index (κ1) is 9.97. The molecule has 1 aliphatic rings. The van der Waals surface area contributed by atoms with E-state index < -0.39 is 0 Å². The zero-order chi connectivity index (χ0) is 10.5. The molecule has 0 atom stereocenters. The van der Waals surface area contributed by atoms with Gasteiger partial charge in [-0.3, -0.25) is 0 Å². The molecule has 1 aliphatic heterocycles. The molecule has 0 aromatic carbocycles. The van der Waals surface area contributed by atoms with Crippen LogP contribution < -0.4 is 4.90 Å². The number of hydrogen-bond acceptors (Lipinski definition) is 5. The van der Waals surface area contributed by atoms with Crippen molar-refractivity contribution in [2.24, 2.45) is 0 Å². The number of rotatable bonds is 2. The summed E-state index contributed by atoms with van der Waals surface area (Å²) >= 11 is 0. The Balaban J connectivity index is 2.04. The van der Waals surface area contributed by atoms with Gasteiger partial charge in [0.15, 0.2) is 0 Å². The fourth-order valence-corrected chi connectivity index (χ4v) is 1.78. The Kier molecular flexibility index (Phi) is 3.18. The largest absolute Gasteiger partial charge is 0.338 e. The predicted octanol–water partition coefficient (Wildman–Crippen LogP) is 1.52. The Bertz CT molecular complexity index is 347. The molecule has 0 radical (unpaired) electrons.